The van der Waals surface area contributed by atoms with Crippen LogP contribution in [-0.4, -0.2) is 25.2 Å². The fraction of sp³-hybridized carbons (Fsp3) is 0.353. The molecule has 1 aromatic carbocycles. The molecule has 1 aliphatic rings. The quantitative estimate of drug-likeness (QED) is 0.856. The molecule has 1 fully saturated rings. The lowest BCUT2D eigenvalue weighted by Gasteiger charge is -2.19. The molecule has 0 aliphatic heterocycles. The van der Waals surface area contributed by atoms with Crippen LogP contribution in [0.4, 0.5) is 5.69 Å². The molecule has 122 valence electrons. The molecule has 1 saturated carbocycles. The van der Waals surface area contributed by atoms with Crippen molar-refractivity contribution in [3.8, 4) is 11.5 Å². The second-order valence-electron chi connectivity index (χ2n) is 5.51. The lowest BCUT2D eigenvalue weighted by atomic mass is 10.0. The monoisotopic (exact) mass is 317 g/mol. The van der Waals surface area contributed by atoms with Gasteiger partial charge in [0.1, 0.15) is 0 Å². The first-order valence-electron chi connectivity index (χ1n) is 7.43. The number of aliphatic hydroxyl groups excluding tert-OH is 1. The van der Waals surface area contributed by atoms with Crippen LogP contribution in [0.2, 0.25) is 0 Å². The second-order valence-corrected chi connectivity index (χ2v) is 5.51. The molecular formula is C17H19NO5. The lowest BCUT2D eigenvalue weighted by Crippen LogP contribution is -2.14. The Morgan fingerprint density at radius 1 is 1.30 bits per heavy atom. The molecular weight excluding hydrogens is 298 g/mol. The molecule has 23 heavy (non-hydrogen) atoms. The number of nitrogens with one attached hydrogen (secondary N) is 1. The number of benzene rings is 1. The van der Waals surface area contributed by atoms with Crippen LogP contribution >= 0.6 is 0 Å². The molecule has 0 spiro atoms. The molecule has 2 aromatic rings. The van der Waals surface area contributed by atoms with Crippen molar-refractivity contribution in [1.29, 1.82) is 0 Å². The molecule has 0 bridgehead atoms. The van der Waals surface area contributed by atoms with E-state index in [0.29, 0.717) is 22.7 Å². The Balaban J connectivity index is 1.96. The maximum atomic E-state index is 12.2. The van der Waals surface area contributed by atoms with Gasteiger partial charge in [-0.05, 0) is 37.0 Å². The Labute approximate surface area is 134 Å². The predicted molar refractivity (Wildman–Crippen MR) is 83.9 cm³/mol. The fourth-order valence-electron chi connectivity index (χ4n) is 2.51. The van der Waals surface area contributed by atoms with Crippen LogP contribution in [0.15, 0.2) is 34.9 Å². The molecule has 2 N–H and O–H groups in total. The first kappa shape index (κ1) is 15.4. The number of ether oxygens (including phenoxy) is 2. The van der Waals surface area contributed by atoms with Crippen molar-refractivity contribution in [2.75, 3.05) is 19.5 Å². The van der Waals surface area contributed by atoms with E-state index in [1.54, 1.807) is 24.3 Å². The van der Waals surface area contributed by atoms with E-state index < -0.39 is 6.10 Å². The van der Waals surface area contributed by atoms with Gasteiger partial charge in [0.2, 0.25) is 0 Å². The Morgan fingerprint density at radius 2 is 2.00 bits per heavy atom. The van der Waals surface area contributed by atoms with Crippen LogP contribution in [0, 0.1) is 5.92 Å². The zero-order valence-corrected chi connectivity index (χ0v) is 13.0. The summed E-state index contributed by atoms with van der Waals surface area (Å²) in [6.45, 7) is 0. The van der Waals surface area contributed by atoms with E-state index in [1.165, 1.54) is 20.5 Å². The standard InChI is InChI=1S/C17H19NO5/c1-21-14-8-11(16(19)10-5-6-10)12(9-15(14)22-2)18-17(20)13-4-3-7-23-13/h3-4,7-10,16,19H,5-6H2,1-2H3,(H,18,20). The third-order valence-corrected chi connectivity index (χ3v) is 3.94. The van der Waals surface area contributed by atoms with Crippen LogP contribution in [0.25, 0.3) is 0 Å². The van der Waals surface area contributed by atoms with E-state index in [2.05, 4.69) is 5.32 Å². The van der Waals surface area contributed by atoms with Gasteiger partial charge in [0.05, 0.1) is 32.3 Å². The van der Waals surface area contributed by atoms with E-state index in [9.17, 15) is 9.90 Å². The number of hydrogen-bond donors (Lipinski definition) is 2. The Bertz CT molecular complexity index is 691. The normalized spacial score (nSPS) is 15.1. The summed E-state index contributed by atoms with van der Waals surface area (Å²) in [7, 11) is 3.05. The maximum Gasteiger partial charge on any atom is 0.291 e. The van der Waals surface area contributed by atoms with Gasteiger partial charge in [-0.2, -0.15) is 0 Å². The molecule has 1 aliphatic carbocycles. The largest absolute Gasteiger partial charge is 0.493 e. The van der Waals surface area contributed by atoms with Crippen molar-refractivity contribution in [1.82, 2.24) is 0 Å². The average molecular weight is 317 g/mol. The van der Waals surface area contributed by atoms with Crippen LogP contribution in [0.1, 0.15) is 35.1 Å². The molecule has 1 unspecified atom stereocenters. The molecule has 6 nitrogen and oxygen atoms in total. The second kappa shape index (κ2) is 6.34. The van der Waals surface area contributed by atoms with Gasteiger partial charge in [-0.25, -0.2) is 0 Å². The highest BCUT2D eigenvalue weighted by Crippen LogP contribution is 2.45. The number of methoxy groups -OCH3 is 2. The number of carbonyl (C=O) groups excluding carboxylic acids is 1. The topological polar surface area (TPSA) is 80.9 Å². The summed E-state index contributed by atoms with van der Waals surface area (Å²) in [5.74, 6) is 1.03. The smallest absolute Gasteiger partial charge is 0.291 e. The van der Waals surface area contributed by atoms with Crippen molar-refractivity contribution in [3.05, 3.63) is 41.9 Å². The third-order valence-electron chi connectivity index (χ3n) is 3.94. The first-order chi connectivity index (χ1) is 11.1. The number of hydrogen-bond acceptors (Lipinski definition) is 5. The number of carbonyl (C=O) groups is 1. The predicted octanol–water partition coefficient (Wildman–Crippen LogP) is 2.99. The molecule has 1 atom stereocenters. The summed E-state index contributed by atoms with van der Waals surface area (Å²) in [6, 6.07) is 6.58. The molecule has 0 saturated heterocycles. The number of anilines is 1. The molecule has 0 radical (unpaired) electrons. The maximum absolute atomic E-state index is 12.2. The highest BCUT2D eigenvalue weighted by molar-refractivity contribution is 6.02. The number of amides is 1. The molecule has 1 amide bonds. The highest BCUT2D eigenvalue weighted by Gasteiger charge is 2.33. The summed E-state index contributed by atoms with van der Waals surface area (Å²) in [6.07, 6.45) is 2.73. The van der Waals surface area contributed by atoms with Crippen LogP contribution in [-0.2, 0) is 0 Å². The SMILES string of the molecule is COc1cc(NC(=O)c2ccco2)c(C(O)C2CC2)cc1OC. The van der Waals surface area contributed by atoms with Crippen molar-refractivity contribution in [2.45, 2.75) is 18.9 Å². The summed E-state index contributed by atoms with van der Waals surface area (Å²) in [4.78, 5) is 12.2. The van der Waals surface area contributed by atoms with Gasteiger partial charge in [-0.3, -0.25) is 4.79 Å². The van der Waals surface area contributed by atoms with Gasteiger partial charge in [0.15, 0.2) is 17.3 Å². The zero-order valence-electron chi connectivity index (χ0n) is 13.0. The Morgan fingerprint density at radius 3 is 2.57 bits per heavy atom. The lowest BCUT2D eigenvalue weighted by molar-refractivity contribution is 0.0996. The van der Waals surface area contributed by atoms with Gasteiger partial charge in [-0.15, -0.1) is 0 Å². The van der Waals surface area contributed by atoms with Crippen molar-refractivity contribution in [2.24, 2.45) is 5.92 Å². The number of aliphatic hydroxyl groups is 1. The minimum absolute atomic E-state index is 0.201. The van der Waals surface area contributed by atoms with Crippen molar-refractivity contribution >= 4 is 11.6 Å². The highest BCUT2D eigenvalue weighted by atomic mass is 16.5. The van der Waals surface area contributed by atoms with E-state index in [-0.39, 0.29) is 17.6 Å². The molecule has 1 heterocycles. The Kier molecular flexibility index (Phi) is 4.25. The Hall–Kier alpha value is -2.47. The third kappa shape index (κ3) is 3.17. The summed E-state index contributed by atoms with van der Waals surface area (Å²) in [5, 5.41) is 13.3. The van der Waals surface area contributed by atoms with Crippen LogP contribution in [0.5, 0.6) is 11.5 Å². The van der Waals surface area contributed by atoms with E-state index in [4.69, 9.17) is 13.9 Å². The summed E-state index contributed by atoms with van der Waals surface area (Å²) >= 11 is 0. The van der Waals surface area contributed by atoms with E-state index >= 15 is 0 Å². The molecule has 3 rings (SSSR count). The van der Waals surface area contributed by atoms with E-state index in [1.807, 2.05) is 0 Å². The fourth-order valence-corrected chi connectivity index (χ4v) is 2.51. The summed E-state index contributed by atoms with van der Waals surface area (Å²) < 4.78 is 15.7. The summed E-state index contributed by atoms with van der Waals surface area (Å²) in [5.41, 5.74) is 1.11. The zero-order chi connectivity index (χ0) is 16.4. The molecule has 1 aromatic heterocycles. The van der Waals surface area contributed by atoms with Crippen molar-refractivity contribution < 1.29 is 23.8 Å². The van der Waals surface area contributed by atoms with Crippen LogP contribution in [0.3, 0.4) is 0 Å². The van der Waals surface area contributed by atoms with Crippen molar-refractivity contribution in [3.63, 3.8) is 0 Å². The van der Waals surface area contributed by atoms with Gasteiger partial charge in [0.25, 0.3) is 5.91 Å². The van der Waals surface area contributed by atoms with Gasteiger partial charge in [0, 0.05) is 11.6 Å². The van der Waals surface area contributed by atoms with E-state index in [0.717, 1.165) is 12.8 Å². The minimum atomic E-state index is -0.651. The number of furan rings is 1. The van der Waals surface area contributed by atoms with Crippen LogP contribution < -0.4 is 14.8 Å². The minimum Gasteiger partial charge on any atom is -0.493 e. The number of rotatable bonds is 6. The average Bonchev–Trinajstić information content (AvgIpc) is 3.27. The van der Waals surface area contributed by atoms with Gasteiger partial charge < -0.3 is 24.3 Å². The van der Waals surface area contributed by atoms with Gasteiger partial charge >= 0.3 is 0 Å². The van der Waals surface area contributed by atoms with Gasteiger partial charge in [-0.1, -0.05) is 0 Å². The molecule has 6 heteroatoms. The first-order valence-corrected chi connectivity index (χ1v) is 7.43.